The molecule has 0 radical (unpaired) electrons. The van der Waals surface area contributed by atoms with E-state index < -0.39 is 0 Å². The van der Waals surface area contributed by atoms with Crippen molar-refractivity contribution < 1.29 is 4.79 Å². The molecule has 0 aliphatic carbocycles. The van der Waals surface area contributed by atoms with Gasteiger partial charge in [-0.25, -0.2) is 9.97 Å². The van der Waals surface area contributed by atoms with Crippen molar-refractivity contribution in [1.82, 2.24) is 14.5 Å². The van der Waals surface area contributed by atoms with E-state index in [1.165, 1.54) is 12.4 Å². The Bertz CT molecular complexity index is 565. The second-order valence-electron chi connectivity index (χ2n) is 3.51. The van der Waals surface area contributed by atoms with Crippen LogP contribution in [0, 0.1) is 0 Å². The van der Waals surface area contributed by atoms with Crippen LogP contribution in [0.5, 0.6) is 0 Å². The van der Waals surface area contributed by atoms with E-state index >= 15 is 0 Å². The largest absolute Gasteiger partial charge is 0.343 e. The van der Waals surface area contributed by atoms with Gasteiger partial charge in [-0.15, -0.1) is 0 Å². The standard InChI is InChI=1S/C11H10Br2N4O/c1-2-17-6-7(12)3-8(17)11(18)16-10-5-14-9(13)4-15-10/h3-6H,2H2,1H3,(H,15,16,18). The lowest BCUT2D eigenvalue weighted by Crippen LogP contribution is -2.17. The van der Waals surface area contributed by atoms with Gasteiger partial charge in [0, 0.05) is 17.2 Å². The number of hydrogen-bond acceptors (Lipinski definition) is 3. The maximum absolute atomic E-state index is 12.1. The number of nitrogens with zero attached hydrogens (tertiary/aromatic N) is 3. The number of carbonyl (C=O) groups excluding carboxylic acids is 1. The van der Waals surface area contributed by atoms with Crippen molar-refractivity contribution in [3.63, 3.8) is 0 Å². The molecule has 0 atom stereocenters. The summed E-state index contributed by atoms with van der Waals surface area (Å²) in [7, 11) is 0. The van der Waals surface area contributed by atoms with Gasteiger partial charge in [-0.3, -0.25) is 4.79 Å². The van der Waals surface area contributed by atoms with E-state index in [-0.39, 0.29) is 5.91 Å². The van der Waals surface area contributed by atoms with Crippen LogP contribution in [0.1, 0.15) is 17.4 Å². The lowest BCUT2D eigenvalue weighted by atomic mass is 10.4. The predicted molar refractivity (Wildman–Crippen MR) is 75.5 cm³/mol. The van der Waals surface area contributed by atoms with Crippen molar-refractivity contribution in [3.05, 3.63) is 39.4 Å². The number of anilines is 1. The minimum atomic E-state index is -0.209. The average Bonchev–Trinajstić information content (AvgIpc) is 2.73. The lowest BCUT2D eigenvalue weighted by Gasteiger charge is -2.06. The third-order valence-corrected chi connectivity index (χ3v) is 3.14. The normalized spacial score (nSPS) is 10.4. The Balaban J connectivity index is 2.19. The monoisotopic (exact) mass is 372 g/mol. The van der Waals surface area contributed by atoms with Crippen molar-refractivity contribution in [2.45, 2.75) is 13.5 Å². The number of aromatic nitrogens is 3. The SMILES string of the molecule is CCn1cc(Br)cc1C(=O)Nc1cnc(Br)cn1. The van der Waals surface area contributed by atoms with Crippen molar-refractivity contribution in [1.29, 1.82) is 0 Å². The van der Waals surface area contributed by atoms with Crippen LogP contribution in [0.2, 0.25) is 0 Å². The third kappa shape index (κ3) is 2.97. The number of hydrogen-bond donors (Lipinski definition) is 1. The van der Waals surface area contributed by atoms with Gasteiger partial charge in [-0.05, 0) is 44.8 Å². The first-order chi connectivity index (χ1) is 8.60. The van der Waals surface area contributed by atoms with Gasteiger partial charge in [-0.1, -0.05) is 0 Å². The first kappa shape index (κ1) is 13.2. The van der Waals surface area contributed by atoms with Crippen LogP contribution in [0.4, 0.5) is 5.82 Å². The third-order valence-electron chi connectivity index (χ3n) is 2.30. The number of halogens is 2. The highest BCUT2D eigenvalue weighted by Gasteiger charge is 2.13. The molecule has 18 heavy (non-hydrogen) atoms. The van der Waals surface area contributed by atoms with Crippen LogP contribution in [0.25, 0.3) is 0 Å². The van der Waals surface area contributed by atoms with Crippen molar-refractivity contribution in [2.24, 2.45) is 0 Å². The van der Waals surface area contributed by atoms with E-state index in [1.54, 1.807) is 6.07 Å². The van der Waals surface area contributed by atoms with Gasteiger partial charge in [0.1, 0.15) is 10.3 Å². The van der Waals surface area contributed by atoms with Gasteiger partial charge in [0.05, 0.1) is 12.4 Å². The summed E-state index contributed by atoms with van der Waals surface area (Å²) in [6.45, 7) is 2.70. The molecule has 0 bridgehead atoms. The molecule has 0 aliphatic heterocycles. The van der Waals surface area contributed by atoms with Crippen LogP contribution in [0.15, 0.2) is 33.7 Å². The van der Waals surface area contributed by atoms with E-state index in [1.807, 2.05) is 17.7 Å². The smallest absolute Gasteiger partial charge is 0.273 e. The molecule has 94 valence electrons. The molecule has 0 aliphatic rings. The second-order valence-corrected chi connectivity index (χ2v) is 5.24. The minimum absolute atomic E-state index is 0.209. The Morgan fingerprint density at radius 3 is 2.78 bits per heavy atom. The van der Waals surface area contributed by atoms with E-state index in [4.69, 9.17) is 0 Å². The lowest BCUT2D eigenvalue weighted by molar-refractivity contribution is 0.101. The molecule has 0 spiro atoms. The highest BCUT2D eigenvalue weighted by molar-refractivity contribution is 9.10. The summed E-state index contributed by atoms with van der Waals surface area (Å²) in [5, 5.41) is 2.70. The van der Waals surface area contributed by atoms with Crippen molar-refractivity contribution >= 4 is 43.6 Å². The molecular weight excluding hydrogens is 364 g/mol. The molecule has 5 nitrogen and oxygen atoms in total. The Morgan fingerprint density at radius 2 is 2.17 bits per heavy atom. The van der Waals surface area contributed by atoms with E-state index in [0.717, 1.165) is 11.0 Å². The van der Waals surface area contributed by atoms with Gasteiger partial charge in [0.25, 0.3) is 5.91 Å². The van der Waals surface area contributed by atoms with Gasteiger partial charge < -0.3 is 9.88 Å². The first-order valence-corrected chi connectivity index (χ1v) is 6.83. The highest BCUT2D eigenvalue weighted by atomic mass is 79.9. The zero-order chi connectivity index (χ0) is 13.1. The van der Waals surface area contributed by atoms with Crippen LogP contribution >= 0.6 is 31.9 Å². The quantitative estimate of drug-likeness (QED) is 0.899. The number of amides is 1. The molecule has 1 N–H and O–H groups in total. The minimum Gasteiger partial charge on any atom is -0.343 e. The summed E-state index contributed by atoms with van der Waals surface area (Å²) < 4.78 is 3.35. The fourth-order valence-corrected chi connectivity index (χ4v) is 2.15. The Morgan fingerprint density at radius 1 is 1.39 bits per heavy atom. The number of nitrogens with one attached hydrogen (secondary N) is 1. The van der Waals surface area contributed by atoms with E-state index in [0.29, 0.717) is 16.1 Å². The molecule has 1 amide bonds. The molecule has 2 aromatic rings. The summed E-state index contributed by atoms with van der Waals surface area (Å²) in [5.74, 6) is 0.211. The molecule has 0 saturated heterocycles. The van der Waals surface area contributed by atoms with Gasteiger partial charge in [-0.2, -0.15) is 0 Å². The molecule has 0 saturated carbocycles. The van der Waals surface area contributed by atoms with Gasteiger partial charge in [0.2, 0.25) is 0 Å². The molecule has 2 heterocycles. The van der Waals surface area contributed by atoms with Crippen LogP contribution < -0.4 is 5.32 Å². The Hall–Kier alpha value is -1.21. The number of rotatable bonds is 3. The zero-order valence-electron chi connectivity index (χ0n) is 9.52. The average molecular weight is 374 g/mol. The maximum atomic E-state index is 12.1. The fraction of sp³-hybridized carbons (Fsp3) is 0.182. The van der Waals surface area contributed by atoms with Gasteiger partial charge in [0.15, 0.2) is 5.82 Å². The van der Waals surface area contributed by atoms with Gasteiger partial charge >= 0.3 is 0 Å². The topological polar surface area (TPSA) is 59.8 Å². The molecule has 7 heteroatoms. The molecular formula is C11H10Br2N4O. The molecule has 0 fully saturated rings. The molecule has 0 aromatic carbocycles. The molecule has 2 aromatic heterocycles. The molecule has 0 unspecified atom stereocenters. The first-order valence-electron chi connectivity index (χ1n) is 5.24. The van der Waals surface area contributed by atoms with Crippen molar-refractivity contribution in [3.8, 4) is 0 Å². The second kappa shape index (κ2) is 5.62. The van der Waals surface area contributed by atoms with Crippen LogP contribution in [-0.2, 0) is 6.54 Å². The van der Waals surface area contributed by atoms with Crippen molar-refractivity contribution in [2.75, 3.05) is 5.32 Å². The zero-order valence-corrected chi connectivity index (χ0v) is 12.7. The summed E-state index contributed by atoms with van der Waals surface area (Å²) in [6.07, 6.45) is 4.89. The fourth-order valence-electron chi connectivity index (χ4n) is 1.48. The maximum Gasteiger partial charge on any atom is 0.273 e. The summed E-state index contributed by atoms with van der Waals surface area (Å²) in [5.41, 5.74) is 0.578. The summed E-state index contributed by atoms with van der Waals surface area (Å²) in [6, 6.07) is 1.77. The number of aryl methyl sites for hydroxylation is 1. The van der Waals surface area contributed by atoms with E-state index in [9.17, 15) is 4.79 Å². The van der Waals surface area contributed by atoms with E-state index in [2.05, 4.69) is 47.1 Å². The predicted octanol–water partition coefficient (Wildman–Crippen LogP) is 3.08. The highest BCUT2D eigenvalue weighted by Crippen LogP contribution is 2.16. The summed E-state index contributed by atoms with van der Waals surface area (Å²) in [4.78, 5) is 20.1. The van der Waals surface area contributed by atoms with Crippen LogP contribution in [-0.4, -0.2) is 20.4 Å². The Kier molecular flexibility index (Phi) is 4.13. The van der Waals surface area contributed by atoms with Crippen LogP contribution in [0.3, 0.4) is 0 Å². The Labute approximate surface area is 121 Å². The summed E-state index contributed by atoms with van der Waals surface area (Å²) >= 11 is 6.54. The number of carbonyl (C=O) groups is 1. The molecule has 2 rings (SSSR count).